The number of aliphatic carboxylic acids is 1. The predicted octanol–water partition coefficient (Wildman–Crippen LogP) is 1.79. The molecule has 17 heavy (non-hydrogen) atoms. The number of carbonyl (C=O) groups is 1. The van der Waals surface area contributed by atoms with Crippen LogP contribution >= 0.6 is 0 Å². The highest BCUT2D eigenvalue weighted by Gasteiger charge is 2.23. The Morgan fingerprint density at radius 2 is 2.35 bits per heavy atom. The highest BCUT2D eigenvalue weighted by atomic mass is 16.5. The summed E-state index contributed by atoms with van der Waals surface area (Å²) >= 11 is 0. The van der Waals surface area contributed by atoms with Crippen LogP contribution in [0.2, 0.25) is 0 Å². The monoisotopic (exact) mass is 235 g/mol. The molecule has 0 radical (unpaired) electrons. The molecule has 1 aromatic rings. The third kappa shape index (κ3) is 2.42. The number of nitrogens with two attached hydrogens (primary N) is 1. The van der Waals surface area contributed by atoms with Crippen molar-refractivity contribution in [2.45, 2.75) is 38.8 Å². The smallest absolute Gasteiger partial charge is 0.305 e. The molecule has 1 aromatic carbocycles. The number of ether oxygens (including phenoxy) is 1. The second-order valence-electron chi connectivity index (χ2n) is 4.66. The summed E-state index contributed by atoms with van der Waals surface area (Å²) in [6, 6.07) is 3.44. The van der Waals surface area contributed by atoms with Gasteiger partial charge < -0.3 is 15.6 Å². The zero-order valence-electron chi connectivity index (χ0n) is 10.1. The minimum Gasteiger partial charge on any atom is -0.490 e. The maximum absolute atomic E-state index is 10.6. The molecule has 2 atom stereocenters. The van der Waals surface area contributed by atoms with Gasteiger partial charge in [0.1, 0.15) is 11.9 Å². The van der Waals surface area contributed by atoms with Crippen molar-refractivity contribution < 1.29 is 14.6 Å². The molecule has 0 aromatic heterocycles. The van der Waals surface area contributed by atoms with Crippen LogP contribution in [-0.2, 0) is 11.2 Å². The summed E-state index contributed by atoms with van der Waals surface area (Å²) in [5.41, 5.74) is 8.91. The molecule has 0 bridgehead atoms. The molecule has 2 rings (SSSR count). The van der Waals surface area contributed by atoms with Gasteiger partial charge in [0.25, 0.3) is 0 Å². The van der Waals surface area contributed by atoms with E-state index in [1.54, 1.807) is 0 Å². The van der Waals surface area contributed by atoms with E-state index >= 15 is 0 Å². The zero-order valence-corrected chi connectivity index (χ0v) is 10.1. The van der Waals surface area contributed by atoms with E-state index in [-0.39, 0.29) is 12.5 Å². The Morgan fingerprint density at radius 3 is 3.00 bits per heavy atom. The number of aryl methyl sites for hydroxylation is 1. The molecule has 1 aliphatic rings. The third-order valence-electron chi connectivity index (χ3n) is 3.02. The van der Waals surface area contributed by atoms with Crippen LogP contribution in [0.1, 0.15) is 36.1 Å². The SMILES string of the molecule is Cc1cc(C(N)CC(=O)O)cc2c1OC(C)C2. The lowest BCUT2D eigenvalue weighted by Crippen LogP contribution is -2.15. The molecule has 4 heteroatoms. The van der Waals surface area contributed by atoms with Crippen molar-refractivity contribution in [3.8, 4) is 5.75 Å². The first-order chi connectivity index (χ1) is 7.97. The Hall–Kier alpha value is -1.55. The van der Waals surface area contributed by atoms with Crippen LogP contribution in [-0.4, -0.2) is 17.2 Å². The lowest BCUT2D eigenvalue weighted by Gasteiger charge is -2.13. The molecule has 4 nitrogen and oxygen atoms in total. The number of hydrogen-bond acceptors (Lipinski definition) is 3. The first-order valence-corrected chi connectivity index (χ1v) is 5.75. The second-order valence-corrected chi connectivity index (χ2v) is 4.66. The Labute approximate surface area is 100 Å². The summed E-state index contributed by atoms with van der Waals surface area (Å²) in [6.45, 7) is 3.99. The standard InChI is InChI=1S/C13H17NO3/c1-7-3-9(11(14)6-12(15)16)5-10-4-8(2)17-13(7)10/h3,5,8,11H,4,6,14H2,1-2H3,(H,15,16). The van der Waals surface area contributed by atoms with Crippen molar-refractivity contribution in [1.29, 1.82) is 0 Å². The molecule has 1 aliphatic heterocycles. The first kappa shape index (κ1) is 11.9. The minimum atomic E-state index is -0.875. The molecule has 0 spiro atoms. The van der Waals surface area contributed by atoms with Crippen LogP contribution in [0.5, 0.6) is 5.75 Å². The molecule has 3 N–H and O–H groups in total. The Kier molecular flexibility index (Phi) is 3.07. The summed E-state index contributed by atoms with van der Waals surface area (Å²) < 4.78 is 5.70. The Morgan fingerprint density at radius 1 is 1.65 bits per heavy atom. The van der Waals surface area contributed by atoms with Crippen molar-refractivity contribution in [1.82, 2.24) is 0 Å². The van der Waals surface area contributed by atoms with E-state index in [1.165, 1.54) is 0 Å². The first-order valence-electron chi connectivity index (χ1n) is 5.75. The van der Waals surface area contributed by atoms with Crippen molar-refractivity contribution >= 4 is 5.97 Å². The van der Waals surface area contributed by atoms with E-state index in [2.05, 4.69) is 0 Å². The van der Waals surface area contributed by atoms with Crippen LogP contribution < -0.4 is 10.5 Å². The van der Waals surface area contributed by atoms with Gasteiger partial charge >= 0.3 is 5.97 Å². The summed E-state index contributed by atoms with van der Waals surface area (Å²) in [4.78, 5) is 10.6. The normalized spacial score (nSPS) is 19.6. The third-order valence-corrected chi connectivity index (χ3v) is 3.02. The summed E-state index contributed by atoms with van der Waals surface area (Å²) in [6.07, 6.45) is 1.01. The fourth-order valence-corrected chi connectivity index (χ4v) is 2.27. The van der Waals surface area contributed by atoms with E-state index in [0.717, 1.165) is 28.9 Å². The molecular weight excluding hydrogens is 218 g/mol. The Bertz CT molecular complexity index is 456. The molecule has 0 amide bonds. The van der Waals surface area contributed by atoms with E-state index in [0.29, 0.717) is 0 Å². The fraction of sp³-hybridized carbons (Fsp3) is 0.462. The maximum atomic E-state index is 10.6. The van der Waals surface area contributed by atoms with Gasteiger partial charge in [-0.15, -0.1) is 0 Å². The maximum Gasteiger partial charge on any atom is 0.305 e. The van der Waals surface area contributed by atoms with Crippen LogP contribution in [0.3, 0.4) is 0 Å². The van der Waals surface area contributed by atoms with E-state index in [9.17, 15) is 4.79 Å². The van der Waals surface area contributed by atoms with Gasteiger partial charge in [0, 0.05) is 12.5 Å². The van der Waals surface area contributed by atoms with E-state index < -0.39 is 12.0 Å². The predicted molar refractivity (Wildman–Crippen MR) is 64.2 cm³/mol. The number of carboxylic acids is 1. The van der Waals surface area contributed by atoms with Gasteiger partial charge in [0.05, 0.1) is 6.42 Å². The van der Waals surface area contributed by atoms with Gasteiger partial charge in [-0.2, -0.15) is 0 Å². The zero-order chi connectivity index (χ0) is 12.6. The molecule has 0 saturated heterocycles. The number of hydrogen-bond donors (Lipinski definition) is 2. The number of benzene rings is 1. The van der Waals surface area contributed by atoms with E-state index in [4.69, 9.17) is 15.6 Å². The van der Waals surface area contributed by atoms with Crippen molar-refractivity contribution in [3.63, 3.8) is 0 Å². The minimum absolute atomic E-state index is 0.0470. The van der Waals surface area contributed by atoms with Gasteiger partial charge in [0.15, 0.2) is 0 Å². The summed E-state index contributed by atoms with van der Waals surface area (Å²) in [5, 5.41) is 8.75. The molecule has 0 saturated carbocycles. The van der Waals surface area contributed by atoms with Gasteiger partial charge in [-0.25, -0.2) is 0 Å². The second kappa shape index (κ2) is 4.37. The molecule has 2 unspecified atom stereocenters. The van der Waals surface area contributed by atoms with E-state index in [1.807, 2.05) is 26.0 Å². The van der Waals surface area contributed by atoms with Gasteiger partial charge in [-0.1, -0.05) is 12.1 Å². The van der Waals surface area contributed by atoms with Crippen LogP contribution in [0.4, 0.5) is 0 Å². The van der Waals surface area contributed by atoms with Gasteiger partial charge in [-0.05, 0) is 30.5 Å². The van der Waals surface area contributed by atoms with Crippen molar-refractivity contribution in [2.75, 3.05) is 0 Å². The quantitative estimate of drug-likeness (QED) is 0.837. The molecule has 92 valence electrons. The largest absolute Gasteiger partial charge is 0.490 e. The molecule has 0 aliphatic carbocycles. The topological polar surface area (TPSA) is 72.6 Å². The summed E-state index contributed by atoms with van der Waals surface area (Å²) in [7, 11) is 0. The lowest BCUT2D eigenvalue weighted by atomic mass is 9.97. The number of rotatable bonds is 3. The fourth-order valence-electron chi connectivity index (χ4n) is 2.27. The van der Waals surface area contributed by atoms with Crippen molar-refractivity contribution in [2.24, 2.45) is 5.73 Å². The Balaban J connectivity index is 2.29. The number of carboxylic acid groups (broad SMARTS) is 1. The average molecular weight is 235 g/mol. The van der Waals surface area contributed by atoms with Crippen LogP contribution in [0.15, 0.2) is 12.1 Å². The molecular formula is C13H17NO3. The van der Waals surface area contributed by atoms with Crippen molar-refractivity contribution in [3.05, 3.63) is 28.8 Å². The number of fused-ring (bicyclic) bond motifs is 1. The van der Waals surface area contributed by atoms with Crippen LogP contribution in [0.25, 0.3) is 0 Å². The molecule has 1 heterocycles. The average Bonchev–Trinajstić information content (AvgIpc) is 2.58. The highest BCUT2D eigenvalue weighted by Crippen LogP contribution is 2.34. The summed E-state index contributed by atoms with van der Waals surface area (Å²) in [5.74, 6) is 0.0593. The molecule has 0 fully saturated rings. The van der Waals surface area contributed by atoms with Crippen LogP contribution in [0, 0.1) is 6.92 Å². The van der Waals surface area contributed by atoms with Gasteiger partial charge in [-0.3, -0.25) is 4.79 Å². The van der Waals surface area contributed by atoms with Gasteiger partial charge in [0.2, 0.25) is 0 Å². The highest BCUT2D eigenvalue weighted by molar-refractivity contribution is 5.68. The lowest BCUT2D eigenvalue weighted by molar-refractivity contribution is -0.137.